The molecule has 19 heavy (non-hydrogen) atoms. The van der Waals surface area contributed by atoms with Gasteiger partial charge in [-0.3, -0.25) is 4.79 Å². The van der Waals surface area contributed by atoms with E-state index in [-0.39, 0.29) is 5.91 Å². The highest BCUT2D eigenvalue weighted by atomic mass is 79.9. The molecule has 0 saturated heterocycles. The number of rotatable bonds is 4. The van der Waals surface area contributed by atoms with E-state index in [0.29, 0.717) is 17.8 Å². The summed E-state index contributed by atoms with van der Waals surface area (Å²) in [5.74, 6) is -0.130. The van der Waals surface area contributed by atoms with Gasteiger partial charge in [-0.1, -0.05) is 0 Å². The van der Waals surface area contributed by atoms with Crippen LogP contribution in [0.15, 0.2) is 34.1 Å². The predicted octanol–water partition coefficient (Wildman–Crippen LogP) is 3.06. The molecule has 1 amide bonds. The molecule has 2 rings (SSSR count). The van der Waals surface area contributed by atoms with Crippen LogP contribution in [0.3, 0.4) is 0 Å². The summed E-state index contributed by atoms with van der Waals surface area (Å²) in [6.07, 6.45) is 0. The van der Waals surface area contributed by atoms with Gasteiger partial charge < -0.3 is 16.4 Å². The van der Waals surface area contributed by atoms with E-state index in [1.165, 1.54) is 4.88 Å². The summed E-state index contributed by atoms with van der Waals surface area (Å²) < 4.78 is 1.09. The molecule has 0 atom stereocenters. The quantitative estimate of drug-likeness (QED) is 0.750. The Labute approximate surface area is 124 Å². The van der Waals surface area contributed by atoms with Gasteiger partial charge in [-0.2, -0.15) is 0 Å². The largest absolute Gasteiger partial charge is 0.399 e. The Kier molecular flexibility index (Phi) is 4.44. The average Bonchev–Trinajstić information content (AvgIpc) is 2.81. The maximum Gasteiger partial charge on any atom is 0.253 e. The number of anilines is 2. The second-order valence-electron chi connectivity index (χ2n) is 3.94. The number of carbonyl (C=O) groups is 1. The van der Waals surface area contributed by atoms with Gasteiger partial charge in [0.1, 0.15) is 0 Å². The van der Waals surface area contributed by atoms with Crippen LogP contribution >= 0.6 is 27.3 Å². The topological polar surface area (TPSA) is 67.2 Å². The third kappa shape index (κ3) is 3.48. The van der Waals surface area contributed by atoms with Crippen molar-refractivity contribution in [2.24, 2.45) is 0 Å². The van der Waals surface area contributed by atoms with E-state index in [1.54, 1.807) is 36.6 Å². The normalized spacial score (nSPS) is 10.2. The van der Waals surface area contributed by atoms with Crippen LogP contribution in [0.5, 0.6) is 0 Å². The van der Waals surface area contributed by atoms with Crippen molar-refractivity contribution in [1.82, 2.24) is 5.32 Å². The highest BCUT2D eigenvalue weighted by Crippen LogP contribution is 2.24. The number of thiophene rings is 1. The smallest absolute Gasteiger partial charge is 0.253 e. The molecule has 4 nitrogen and oxygen atoms in total. The standard InChI is InChI=1S/C13H14BrN3OS/c1-16-13(18)10-4-2-8(15)6-11(10)17-7-9-3-5-12(14)19-9/h2-6,17H,7,15H2,1H3,(H,16,18). The van der Waals surface area contributed by atoms with Crippen molar-refractivity contribution in [3.63, 3.8) is 0 Å². The van der Waals surface area contributed by atoms with Gasteiger partial charge in [0, 0.05) is 29.8 Å². The van der Waals surface area contributed by atoms with Crippen molar-refractivity contribution in [1.29, 1.82) is 0 Å². The van der Waals surface area contributed by atoms with Crippen molar-refractivity contribution in [3.8, 4) is 0 Å². The first-order valence-corrected chi connectivity index (χ1v) is 7.31. The monoisotopic (exact) mass is 339 g/mol. The molecule has 0 saturated carbocycles. The van der Waals surface area contributed by atoms with Gasteiger partial charge in [0.05, 0.1) is 9.35 Å². The first-order chi connectivity index (χ1) is 9.10. The molecule has 2 aromatic rings. The number of hydrogen-bond acceptors (Lipinski definition) is 4. The van der Waals surface area contributed by atoms with Crippen LogP contribution in [-0.2, 0) is 6.54 Å². The molecule has 100 valence electrons. The number of benzene rings is 1. The van der Waals surface area contributed by atoms with Gasteiger partial charge >= 0.3 is 0 Å². The lowest BCUT2D eigenvalue weighted by molar-refractivity contribution is 0.0964. The SMILES string of the molecule is CNC(=O)c1ccc(N)cc1NCc1ccc(Br)s1. The van der Waals surface area contributed by atoms with Gasteiger partial charge in [0.15, 0.2) is 0 Å². The van der Waals surface area contributed by atoms with Crippen LogP contribution in [0, 0.1) is 0 Å². The molecule has 4 N–H and O–H groups in total. The minimum Gasteiger partial charge on any atom is -0.399 e. The first kappa shape index (κ1) is 13.9. The number of halogens is 1. The number of hydrogen-bond donors (Lipinski definition) is 3. The van der Waals surface area contributed by atoms with Crippen LogP contribution in [0.2, 0.25) is 0 Å². The predicted molar refractivity (Wildman–Crippen MR) is 83.6 cm³/mol. The Balaban J connectivity index is 2.18. The number of nitrogens with one attached hydrogen (secondary N) is 2. The van der Waals surface area contributed by atoms with Gasteiger partial charge in [0.25, 0.3) is 5.91 Å². The summed E-state index contributed by atoms with van der Waals surface area (Å²) in [5.41, 5.74) is 7.72. The van der Waals surface area contributed by atoms with Gasteiger partial charge in [0.2, 0.25) is 0 Å². The number of nitrogen functional groups attached to an aromatic ring is 1. The van der Waals surface area contributed by atoms with Crippen LogP contribution in [0.25, 0.3) is 0 Å². The molecule has 0 fully saturated rings. The highest BCUT2D eigenvalue weighted by Gasteiger charge is 2.10. The van der Waals surface area contributed by atoms with E-state index < -0.39 is 0 Å². The lowest BCUT2D eigenvalue weighted by Gasteiger charge is -2.11. The molecule has 0 unspecified atom stereocenters. The summed E-state index contributed by atoms with van der Waals surface area (Å²) in [5, 5.41) is 5.87. The zero-order valence-corrected chi connectivity index (χ0v) is 12.8. The van der Waals surface area contributed by atoms with E-state index in [0.717, 1.165) is 9.47 Å². The Bertz CT molecular complexity index is 597. The Morgan fingerprint density at radius 2 is 2.16 bits per heavy atom. The van der Waals surface area contributed by atoms with Crippen molar-refractivity contribution >= 4 is 44.5 Å². The Hall–Kier alpha value is -1.53. The fourth-order valence-corrected chi connectivity index (χ4v) is 3.09. The molecule has 6 heteroatoms. The van der Waals surface area contributed by atoms with E-state index in [2.05, 4.69) is 26.6 Å². The number of carbonyl (C=O) groups excluding carboxylic acids is 1. The number of nitrogens with two attached hydrogens (primary N) is 1. The van der Waals surface area contributed by atoms with Gasteiger partial charge in [-0.05, 0) is 46.3 Å². The molecular weight excluding hydrogens is 326 g/mol. The fourth-order valence-electron chi connectivity index (χ4n) is 1.67. The first-order valence-electron chi connectivity index (χ1n) is 5.70. The minimum absolute atomic E-state index is 0.130. The molecule has 0 aliphatic carbocycles. The maximum absolute atomic E-state index is 11.8. The van der Waals surface area contributed by atoms with Crippen LogP contribution in [0.1, 0.15) is 15.2 Å². The Morgan fingerprint density at radius 1 is 1.37 bits per heavy atom. The third-order valence-electron chi connectivity index (χ3n) is 2.60. The zero-order valence-electron chi connectivity index (χ0n) is 10.4. The Morgan fingerprint density at radius 3 is 2.79 bits per heavy atom. The third-order valence-corrected chi connectivity index (χ3v) is 4.22. The lowest BCUT2D eigenvalue weighted by atomic mass is 10.1. The van der Waals surface area contributed by atoms with Crippen molar-refractivity contribution in [3.05, 3.63) is 44.6 Å². The molecule has 0 spiro atoms. The van der Waals surface area contributed by atoms with Crippen LogP contribution in [0.4, 0.5) is 11.4 Å². The summed E-state index contributed by atoms with van der Waals surface area (Å²) in [6.45, 7) is 0.656. The van der Waals surface area contributed by atoms with Crippen LogP contribution < -0.4 is 16.4 Å². The van der Waals surface area contributed by atoms with E-state index in [4.69, 9.17) is 5.73 Å². The number of amides is 1. The maximum atomic E-state index is 11.8. The molecule has 0 aliphatic heterocycles. The van der Waals surface area contributed by atoms with Crippen molar-refractivity contribution < 1.29 is 4.79 Å². The van der Waals surface area contributed by atoms with Gasteiger partial charge in [-0.25, -0.2) is 0 Å². The van der Waals surface area contributed by atoms with Crippen LogP contribution in [-0.4, -0.2) is 13.0 Å². The molecule has 1 aromatic heterocycles. The summed E-state index contributed by atoms with van der Waals surface area (Å²) in [4.78, 5) is 12.9. The minimum atomic E-state index is -0.130. The molecule has 1 aromatic carbocycles. The van der Waals surface area contributed by atoms with Crippen molar-refractivity contribution in [2.45, 2.75) is 6.54 Å². The zero-order chi connectivity index (χ0) is 13.8. The van der Waals surface area contributed by atoms with Gasteiger partial charge in [-0.15, -0.1) is 11.3 Å². The lowest BCUT2D eigenvalue weighted by Crippen LogP contribution is -2.19. The summed E-state index contributed by atoms with van der Waals surface area (Å²) in [7, 11) is 1.61. The molecule has 0 bridgehead atoms. The fraction of sp³-hybridized carbons (Fsp3) is 0.154. The second kappa shape index (κ2) is 6.08. The molecular formula is C13H14BrN3OS. The van der Waals surface area contributed by atoms with E-state index in [1.807, 2.05) is 12.1 Å². The van der Waals surface area contributed by atoms with E-state index in [9.17, 15) is 4.79 Å². The summed E-state index contributed by atoms with van der Waals surface area (Å²) in [6, 6.07) is 9.25. The highest BCUT2D eigenvalue weighted by molar-refractivity contribution is 9.11. The van der Waals surface area contributed by atoms with E-state index >= 15 is 0 Å². The average molecular weight is 340 g/mol. The summed E-state index contributed by atoms with van der Waals surface area (Å²) >= 11 is 5.08. The molecule has 1 heterocycles. The molecule has 0 radical (unpaired) electrons. The molecule has 0 aliphatic rings. The second-order valence-corrected chi connectivity index (χ2v) is 6.49. The van der Waals surface area contributed by atoms with Crippen molar-refractivity contribution in [2.75, 3.05) is 18.1 Å².